The average molecular weight is 460 g/mol. The van der Waals surface area contributed by atoms with Crippen LogP contribution in [0.2, 0.25) is 5.02 Å². The fourth-order valence-electron chi connectivity index (χ4n) is 2.71. The minimum atomic E-state index is -3.76. The van der Waals surface area contributed by atoms with E-state index in [2.05, 4.69) is 10.3 Å². The zero-order valence-corrected chi connectivity index (χ0v) is 17.6. The topological polar surface area (TPSA) is 115 Å². The smallest absolute Gasteiger partial charge is 0.289 e. The number of carbonyl (C=O) groups is 1. The number of rotatable bonds is 4. The highest BCUT2D eigenvalue weighted by Crippen LogP contribution is 2.31. The molecule has 10 heteroatoms. The molecule has 0 saturated carbocycles. The molecule has 2 heterocycles. The minimum absolute atomic E-state index is 0.0222. The van der Waals surface area contributed by atoms with Gasteiger partial charge in [-0.25, -0.2) is 18.5 Å². The first-order chi connectivity index (χ1) is 14.3. The quantitative estimate of drug-likeness (QED) is 0.582. The highest BCUT2D eigenvalue weighted by molar-refractivity contribution is 8.18. The molecule has 0 unspecified atom stereocenters. The SMILES string of the molecule is NS(=O)(=O)c1ccc(-c2ccc(/C=C3\SC(=O)NC3=Nc3cccc(Cl)c3)o2)cc1. The predicted molar refractivity (Wildman–Crippen MR) is 118 cm³/mol. The Morgan fingerprint density at radius 3 is 2.57 bits per heavy atom. The third-order valence-electron chi connectivity index (χ3n) is 4.07. The summed E-state index contributed by atoms with van der Waals surface area (Å²) in [7, 11) is -3.76. The van der Waals surface area contributed by atoms with Gasteiger partial charge in [0, 0.05) is 10.6 Å². The summed E-state index contributed by atoms with van der Waals surface area (Å²) in [5, 5.41) is 8.12. The molecule has 152 valence electrons. The molecule has 1 fully saturated rings. The van der Waals surface area contributed by atoms with Crippen LogP contribution in [0.5, 0.6) is 0 Å². The number of hydrogen-bond acceptors (Lipinski definition) is 6. The molecule has 0 bridgehead atoms. The van der Waals surface area contributed by atoms with Gasteiger partial charge >= 0.3 is 0 Å². The normalized spacial score (nSPS) is 16.9. The van der Waals surface area contributed by atoms with Crippen LogP contribution in [0.1, 0.15) is 5.76 Å². The molecular weight excluding hydrogens is 446 g/mol. The molecule has 0 aliphatic carbocycles. The van der Waals surface area contributed by atoms with Gasteiger partial charge in [-0.3, -0.25) is 4.79 Å². The molecule has 0 spiro atoms. The van der Waals surface area contributed by atoms with Gasteiger partial charge in [-0.05, 0) is 72.4 Å². The van der Waals surface area contributed by atoms with Crippen molar-refractivity contribution in [3.05, 3.63) is 76.4 Å². The van der Waals surface area contributed by atoms with Gasteiger partial charge in [-0.15, -0.1) is 0 Å². The number of halogens is 1. The average Bonchev–Trinajstić information content (AvgIpc) is 3.28. The summed E-state index contributed by atoms with van der Waals surface area (Å²) in [6.07, 6.45) is 1.70. The number of benzene rings is 2. The number of furan rings is 1. The Hall–Kier alpha value is -2.85. The lowest BCUT2D eigenvalue weighted by Crippen LogP contribution is -2.18. The number of nitrogens with one attached hydrogen (secondary N) is 1. The summed E-state index contributed by atoms with van der Waals surface area (Å²) in [4.78, 5) is 16.9. The Kier molecular flexibility index (Phi) is 5.52. The van der Waals surface area contributed by atoms with Crippen LogP contribution in [0.3, 0.4) is 0 Å². The van der Waals surface area contributed by atoms with Crippen molar-refractivity contribution in [1.29, 1.82) is 0 Å². The first kappa shape index (κ1) is 20.4. The molecule has 0 atom stereocenters. The molecule has 1 aliphatic heterocycles. The second-order valence-corrected chi connectivity index (χ2v) is 9.25. The highest BCUT2D eigenvalue weighted by atomic mass is 35.5. The molecule has 3 N–H and O–H groups in total. The maximum Gasteiger partial charge on any atom is 0.289 e. The van der Waals surface area contributed by atoms with Gasteiger partial charge in [0.05, 0.1) is 15.5 Å². The number of amidine groups is 1. The van der Waals surface area contributed by atoms with Crippen molar-refractivity contribution < 1.29 is 17.6 Å². The molecule has 1 amide bonds. The van der Waals surface area contributed by atoms with Crippen molar-refractivity contribution >= 4 is 56.2 Å². The number of nitrogens with zero attached hydrogens (tertiary/aromatic N) is 1. The Morgan fingerprint density at radius 1 is 1.10 bits per heavy atom. The number of carbonyl (C=O) groups excluding carboxylic acids is 1. The third kappa shape index (κ3) is 4.65. The van der Waals surface area contributed by atoms with E-state index in [1.54, 1.807) is 54.6 Å². The monoisotopic (exact) mass is 459 g/mol. The third-order valence-corrected chi connectivity index (χ3v) is 6.06. The summed E-state index contributed by atoms with van der Waals surface area (Å²) < 4.78 is 28.6. The maximum absolute atomic E-state index is 11.9. The Morgan fingerprint density at radius 2 is 1.87 bits per heavy atom. The Labute approximate surface area is 181 Å². The van der Waals surface area contributed by atoms with Crippen molar-refractivity contribution in [3.63, 3.8) is 0 Å². The number of nitrogens with two attached hydrogens (primary N) is 1. The molecule has 30 heavy (non-hydrogen) atoms. The number of thioether (sulfide) groups is 1. The van der Waals surface area contributed by atoms with Crippen LogP contribution in [0.4, 0.5) is 10.5 Å². The van der Waals surface area contributed by atoms with E-state index in [0.29, 0.717) is 38.5 Å². The fraction of sp³-hybridized carbons (Fsp3) is 0. The van der Waals surface area contributed by atoms with E-state index in [9.17, 15) is 13.2 Å². The number of sulfonamides is 1. The Balaban J connectivity index is 1.61. The Bertz CT molecular complexity index is 1300. The number of amides is 1. The second kappa shape index (κ2) is 8.11. The summed E-state index contributed by atoms with van der Waals surface area (Å²) in [6, 6.07) is 16.5. The van der Waals surface area contributed by atoms with Crippen molar-refractivity contribution in [3.8, 4) is 11.3 Å². The lowest BCUT2D eigenvalue weighted by atomic mass is 10.2. The van der Waals surface area contributed by atoms with Crippen LogP contribution in [-0.2, 0) is 10.0 Å². The van der Waals surface area contributed by atoms with Crippen molar-refractivity contribution in [2.24, 2.45) is 10.1 Å². The van der Waals surface area contributed by atoms with E-state index in [0.717, 1.165) is 11.8 Å². The van der Waals surface area contributed by atoms with E-state index in [-0.39, 0.29) is 10.1 Å². The van der Waals surface area contributed by atoms with Gasteiger partial charge in [-0.1, -0.05) is 17.7 Å². The molecule has 1 saturated heterocycles. The van der Waals surface area contributed by atoms with Crippen LogP contribution in [0, 0.1) is 0 Å². The van der Waals surface area contributed by atoms with Crippen LogP contribution in [-0.4, -0.2) is 19.5 Å². The predicted octanol–water partition coefficient (Wildman–Crippen LogP) is 4.77. The molecule has 3 aromatic rings. The molecular formula is C20H14ClN3O4S2. The van der Waals surface area contributed by atoms with Gasteiger partial charge in [0.25, 0.3) is 5.24 Å². The lowest BCUT2D eigenvalue weighted by molar-refractivity contribution is 0.265. The minimum Gasteiger partial charge on any atom is -0.457 e. The van der Waals surface area contributed by atoms with Gasteiger partial charge in [0.1, 0.15) is 17.4 Å². The van der Waals surface area contributed by atoms with Gasteiger partial charge < -0.3 is 9.73 Å². The second-order valence-electron chi connectivity index (χ2n) is 6.23. The van der Waals surface area contributed by atoms with E-state index in [1.165, 1.54) is 12.1 Å². The molecule has 1 aromatic heterocycles. The zero-order valence-electron chi connectivity index (χ0n) is 15.2. The lowest BCUT2D eigenvalue weighted by Gasteiger charge is -2.01. The van der Waals surface area contributed by atoms with Crippen molar-refractivity contribution in [2.45, 2.75) is 4.90 Å². The van der Waals surface area contributed by atoms with Crippen molar-refractivity contribution in [2.75, 3.05) is 0 Å². The molecule has 1 aliphatic rings. The van der Waals surface area contributed by atoms with E-state index in [4.69, 9.17) is 21.2 Å². The largest absolute Gasteiger partial charge is 0.457 e. The van der Waals surface area contributed by atoms with Crippen LogP contribution < -0.4 is 10.5 Å². The highest BCUT2D eigenvalue weighted by Gasteiger charge is 2.24. The zero-order chi connectivity index (χ0) is 21.3. The summed E-state index contributed by atoms with van der Waals surface area (Å²) >= 11 is 7.00. The van der Waals surface area contributed by atoms with Gasteiger partial charge in [-0.2, -0.15) is 0 Å². The maximum atomic E-state index is 11.9. The molecule has 2 aromatic carbocycles. The summed E-state index contributed by atoms with van der Waals surface area (Å²) in [6.45, 7) is 0. The van der Waals surface area contributed by atoms with Gasteiger partial charge in [0.2, 0.25) is 10.0 Å². The van der Waals surface area contributed by atoms with Gasteiger partial charge in [0.15, 0.2) is 0 Å². The van der Waals surface area contributed by atoms with Crippen LogP contribution in [0.25, 0.3) is 17.4 Å². The standard InChI is InChI=1S/C20H14ClN3O4S2/c21-13-2-1-3-14(10-13)23-19-18(29-20(25)24-19)11-15-6-9-17(28-15)12-4-7-16(8-5-12)30(22,26)27/h1-11H,(H2,22,26,27)(H,23,24,25)/b18-11-. The summed E-state index contributed by atoms with van der Waals surface area (Å²) in [5.41, 5.74) is 1.30. The van der Waals surface area contributed by atoms with E-state index in [1.807, 2.05) is 0 Å². The first-order valence-electron chi connectivity index (χ1n) is 8.56. The molecule has 0 radical (unpaired) electrons. The van der Waals surface area contributed by atoms with Crippen LogP contribution >= 0.6 is 23.4 Å². The first-order valence-corrected chi connectivity index (χ1v) is 11.3. The molecule has 4 rings (SSSR count). The van der Waals surface area contributed by atoms with E-state index < -0.39 is 10.0 Å². The number of aliphatic imine (C=N–C) groups is 1. The molecule has 7 nitrogen and oxygen atoms in total. The number of hydrogen-bond donors (Lipinski definition) is 2. The van der Waals surface area contributed by atoms with E-state index >= 15 is 0 Å². The number of primary sulfonamides is 1. The fourth-order valence-corrected chi connectivity index (χ4v) is 4.13. The van der Waals surface area contributed by atoms with Crippen molar-refractivity contribution in [1.82, 2.24) is 5.32 Å². The summed E-state index contributed by atoms with van der Waals surface area (Å²) in [5.74, 6) is 1.46. The van der Waals surface area contributed by atoms with Crippen LogP contribution in [0.15, 0.2) is 79.9 Å².